The summed E-state index contributed by atoms with van der Waals surface area (Å²) in [5.41, 5.74) is 6.83. The molecular formula is C24H37N5O4S. The minimum absolute atomic E-state index is 0.0140. The van der Waals surface area contributed by atoms with Gasteiger partial charge in [-0.15, -0.1) is 11.3 Å². The van der Waals surface area contributed by atoms with Gasteiger partial charge in [-0.05, 0) is 45.8 Å². The number of carbonyl (C=O) groups excluding carboxylic acids is 3. The van der Waals surface area contributed by atoms with Crippen molar-refractivity contribution in [2.75, 3.05) is 26.2 Å². The van der Waals surface area contributed by atoms with Crippen LogP contribution in [0.4, 0.5) is 10.5 Å². The Balaban J connectivity index is 1.98. The minimum Gasteiger partial charge on any atom is -0.444 e. The fraction of sp³-hybridized carbons (Fsp3) is 0.583. The van der Waals surface area contributed by atoms with E-state index in [1.54, 1.807) is 20.8 Å². The van der Waals surface area contributed by atoms with Gasteiger partial charge < -0.3 is 26.0 Å². The highest BCUT2D eigenvalue weighted by Gasteiger charge is 2.22. The van der Waals surface area contributed by atoms with Crippen LogP contribution in [0.3, 0.4) is 0 Å². The van der Waals surface area contributed by atoms with Gasteiger partial charge in [0, 0.05) is 43.1 Å². The van der Waals surface area contributed by atoms with E-state index in [1.165, 1.54) is 11.3 Å². The molecule has 0 unspecified atom stereocenters. The van der Waals surface area contributed by atoms with Crippen molar-refractivity contribution >= 4 is 46.8 Å². The Morgan fingerprint density at radius 1 is 1.15 bits per heavy atom. The van der Waals surface area contributed by atoms with Crippen LogP contribution in [0, 0.1) is 0 Å². The van der Waals surface area contributed by atoms with Gasteiger partial charge in [0.25, 0.3) is 0 Å². The lowest BCUT2D eigenvalue weighted by atomic mass is 10.1. The van der Waals surface area contributed by atoms with E-state index in [0.717, 1.165) is 22.6 Å². The molecule has 0 aliphatic carbocycles. The highest BCUT2D eigenvalue weighted by atomic mass is 32.1. The van der Waals surface area contributed by atoms with Crippen LogP contribution in [-0.4, -0.2) is 60.4 Å². The zero-order valence-electron chi connectivity index (χ0n) is 20.8. The molecular weight excluding hydrogens is 454 g/mol. The topological polar surface area (TPSA) is 126 Å². The number of aliphatic imine (C=N–C) groups is 1. The lowest BCUT2D eigenvalue weighted by Gasteiger charge is -2.22. The Morgan fingerprint density at radius 3 is 2.41 bits per heavy atom. The zero-order chi connectivity index (χ0) is 25.3. The molecule has 0 aromatic carbocycles. The first kappa shape index (κ1) is 27.4. The molecule has 188 valence electrons. The third kappa shape index (κ3) is 8.81. The second kappa shape index (κ2) is 12.5. The summed E-state index contributed by atoms with van der Waals surface area (Å²) in [5.74, 6) is 0.199. The number of rotatable bonds is 10. The fourth-order valence-corrected chi connectivity index (χ4v) is 4.49. The maximum atomic E-state index is 13.1. The first-order valence-corrected chi connectivity index (χ1v) is 12.5. The summed E-state index contributed by atoms with van der Waals surface area (Å²) in [4.78, 5) is 45.1. The number of ether oxygens (including phenoxy) is 1. The van der Waals surface area contributed by atoms with Gasteiger partial charge in [-0.2, -0.15) is 0 Å². The van der Waals surface area contributed by atoms with Crippen LogP contribution in [0.2, 0.25) is 0 Å². The summed E-state index contributed by atoms with van der Waals surface area (Å²) in [6, 6.07) is 1.84. The molecule has 9 nitrogen and oxygen atoms in total. The summed E-state index contributed by atoms with van der Waals surface area (Å²) in [6.07, 6.45) is 3.60. The molecule has 0 spiro atoms. The third-order valence-electron chi connectivity index (χ3n) is 4.73. The number of hydrogen-bond acceptors (Lipinski definition) is 7. The molecule has 0 atom stereocenters. The molecule has 2 rings (SSSR count). The lowest BCUT2D eigenvalue weighted by molar-refractivity contribution is -0.127. The maximum Gasteiger partial charge on any atom is 0.407 e. The van der Waals surface area contributed by atoms with Crippen molar-refractivity contribution in [1.29, 1.82) is 0 Å². The molecule has 0 radical (unpaired) electrons. The number of fused-ring (bicyclic) bond motifs is 1. The van der Waals surface area contributed by atoms with E-state index in [9.17, 15) is 14.4 Å². The predicted octanol–water partition coefficient (Wildman–Crippen LogP) is 3.36. The van der Waals surface area contributed by atoms with Gasteiger partial charge in [-0.3, -0.25) is 9.59 Å². The molecule has 10 heteroatoms. The average molecular weight is 492 g/mol. The molecule has 1 aliphatic rings. The number of amidine groups is 1. The molecule has 0 bridgehead atoms. The van der Waals surface area contributed by atoms with Gasteiger partial charge in [0.1, 0.15) is 11.4 Å². The van der Waals surface area contributed by atoms with Crippen molar-refractivity contribution in [3.8, 4) is 0 Å². The monoisotopic (exact) mass is 491 g/mol. The van der Waals surface area contributed by atoms with Gasteiger partial charge in [-0.1, -0.05) is 13.8 Å². The number of carbonyl (C=O) groups is 3. The SMILES string of the molecule is CCCN(CCC)C(=O)C1=Cc2sc(CC(=O)NCCNC(=O)OC(C)(C)C)cc2N=C(N)C1. The van der Waals surface area contributed by atoms with Crippen LogP contribution in [0.25, 0.3) is 6.08 Å². The number of hydrogen-bond donors (Lipinski definition) is 3. The number of alkyl carbamates (subject to hydrolysis) is 1. The first-order chi connectivity index (χ1) is 16.0. The van der Waals surface area contributed by atoms with Crippen molar-refractivity contribution in [3.05, 3.63) is 21.4 Å². The number of nitrogens with two attached hydrogens (primary N) is 1. The molecule has 2 heterocycles. The summed E-state index contributed by atoms with van der Waals surface area (Å²) < 4.78 is 5.16. The first-order valence-electron chi connectivity index (χ1n) is 11.7. The van der Waals surface area contributed by atoms with Crippen molar-refractivity contribution in [3.63, 3.8) is 0 Å². The summed E-state index contributed by atoms with van der Waals surface area (Å²) in [6.45, 7) is 11.4. The normalized spacial score (nSPS) is 13.2. The van der Waals surface area contributed by atoms with E-state index in [-0.39, 0.29) is 31.3 Å². The van der Waals surface area contributed by atoms with Crippen molar-refractivity contribution < 1.29 is 19.1 Å². The van der Waals surface area contributed by atoms with Gasteiger partial charge in [-0.25, -0.2) is 9.79 Å². The van der Waals surface area contributed by atoms with Gasteiger partial charge in [0.05, 0.1) is 17.0 Å². The molecule has 4 N–H and O–H groups in total. The van der Waals surface area contributed by atoms with Crippen LogP contribution in [0.15, 0.2) is 16.6 Å². The van der Waals surface area contributed by atoms with E-state index in [0.29, 0.717) is 36.6 Å². The standard InChI is InChI=1S/C24H37N5O4S/c1-6-10-29(11-7-2)22(31)16-12-19-18(28-20(25)13-16)14-17(34-19)15-21(30)26-8-9-27-23(32)33-24(3,4)5/h12,14H,6-11,13,15H2,1-5H3,(H2,25,28)(H,26,30)(H,27,32). The number of thiophene rings is 1. The van der Waals surface area contributed by atoms with E-state index in [1.807, 2.05) is 17.0 Å². The van der Waals surface area contributed by atoms with Gasteiger partial charge in [0.2, 0.25) is 11.8 Å². The van der Waals surface area contributed by atoms with Crippen LogP contribution in [0.1, 0.15) is 63.6 Å². The molecule has 1 aromatic heterocycles. The number of nitrogens with one attached hydrogen (secondary N) is 2. The van der Waals surface area contributed by atoms with Crippen molar-refractivity contribution in [1.82, 2.24) is 15.5 Å². The molecule has 34 heavy (non-hydrogen) atoms. The number of nitrogens with zero attached hydrogens (tertiary/aromatic N) is 2. The summed E-state index contributed by atoms with van der Waals surface area (Å²) in [7, 11) is 0. The smallest absolute Gasteiger partial charge is 0.407 e. The quantitative estimate of drug-likeness (QED) is 0.433. The number of amides is 3. The fourth-order valence-electron chi connectivity index (χ4n) is 3.42. The highest BCUT2D eigenvalue weighted by molar-refractivity contribution is 7.13. The molecule has 1 aliphatic heterocycles. The Kier molecular flexibility index (Phi) is 10.1. The van der Waals surface area contributed by atoms with Crippen molar-refractivity contribution in [2.45, 2.75) is 65.9 Å². The van der Waals surface area contributed by atoms with E-state index >= 15 is 0 Å². The second-order valence-electron chi connectivity index (χ2n) is 9.16. The van der Waals surface area contributed by atoms with E-state index < -0.39 is 11.7 Å². The van der Waals surface area contributed by atoms with E-state index in [4.69, 9.17) is 10.5 Å². The van der Waals surface area contributed by atoms with Crippen LogP contribution >= 0.6 is 11.3 Å². The van der Waals surface area contributed by atoms with Gasteiger partial charge >= 0.3 is 6.09 Å². The van der Waals surface area contributed by atoms with Crippen LogP contribution < -0.4 is 16.4 Å². The molecule has 0 saturated heterocycles. The van der Waals surface area contributed by atoms with Crippen LogP contribution in [0.5, 0.6) is 0 Å². The Morgan fingerprint density at radius 2 is 1.79 bits per heavy atom. The molecule has 3 amide bonds. The average Bonchev–Trinajstić information content (AvgIpc) is 3.01. The zero-order valence-corrected chi connectivity index (χ0v) is 21.6. The third-order valence-corrected chi connectivity index (χ3v) is 5.80. The predicted molar refractivity (Wildman–Crippen MR) is 136 cm³/mol. The van der Waals surface area contributed by atoms with Crippen molar-refractivity contribution in [2.24, 2.45) is 10.7 Å². The molecule has 1 aromatic rings. The van der Waals surface area contributed by atoms with E-state index in [2.05, 4.69) is 29.5 Å². The minimum atomic E-state index is -0.570. The maximum absolute atomic E-state index is 13.1. The second-order valence-corrected chi connectivity index (χ2v) is 10.3. The van der Waals surface area contributed by atoms with Crippen LogP contribution in [-0.2, 0) is 20.7 Å². The Hall–Kier alpha value is -2.88. The lowest BCUT2D eigenvalue weighted by Crippen LogP contribution is -2.38. The molecule has 0 saturated carbocycles. The van der Waals surface area contributed by atoms with Gasteiger partial charge in [0.15, 0.2) is 0 Å². The Labute approximate surface area is 205 Å². The summed E-state index contributed by atoms with van der Waals surface area (Å²) >= 11 is 1.43. The molecule has 0 fully saturated rings. The summed E-state index contributed by atoms with van der Waals surface area (Å²) in [5, 5.41) is 5.39. The largest absolute Gasteiger partial charge is 0.444 e. The Bertz CT molecular complexity index is 940. The highest BCUT2D eigenvalue weighted by Crippen LogP contribution is 2.35.